The molecule has 66 valence electrons. The summed E-state index contributed by atoms with van der Waals surface area (Å²) < 4.78 is 0. The highest BCUT2D eigenvalue weighted by atomic mass is 35.5. The zero-order chi connectivity index (χ0) is 8.91. The van der Waals surface area contributed by atoms with Crippen LogP contribution in [0.15, 0.2) is 0 Å². The van der Waals surface area contributed by atoms with Gasteiger partial charge in [0.2, 0.25) is 5.91 Å². The van der Waals surface area contributed by atoms with Crippen LogP contribution in [0.3, 0.4) is 0 Å². The Labute approximate surface area is 71.7 Å². The molecule has 4 heteroatoms. The molecular weight excluding hydrogens is 166 g/mol. The molecule has 1 atom stereocenters. The number of carbonyl (C=O) groups excluding carboxylic acids is 1. The fourth-order valence-corrected chi connectivity index (χ4v) is 0.581. The topological polar surface area (TPSA) is 49.3 Å². The number of rotatable bonds is 4. The number of hydrogen-bond donors (Lipinski definition) is 2. The second kappa shape index (κ2) is 4.57. The van der Waals surface area contributed by atoms with Crippen molar-refractivity contribution in [3.8, 4) is 0 Å². The van der Waals surface area contributed by atoms with Gasteiger partial charge in [-0.1, -0.05) is 6.92 Å². The molecule has 11 heavy (non-hydrogen) atoms. The van der Waals surface area contributed by atoms with Gasteiger partial charge in [-0.15, -0.1) is 11.6 Å². The van der Waals surface area contributed by atoms with Crippen LogP contribution in [-0.4, -0.2) is 29.0 Å². The van der Waals surface area contributed by atoms with Crippen molar-refractivity contribution in [2.75, 3.05) is 13.2 Å². The SMILES string of the molecule is CCC(C)(Cl)C(=O)NCCO. The molecule has 0 saturated carbocycles. The molecule has 0 heterocycles. The summed E-state index contributed by atoms with van der Waals surface area (Å²) in [7, 11) is 0. The highest BCUT2D eigenvalue weighted by molar-refractivity contribution is 6.34. The quantitative estimate of drug-likeness (QED) is 0.618. The van der Waals surface area contributed by atoms with Crippen molar-refractivity contribution in [3.63, 3.8) is 0 Å². The summed E-state index contributed by atoms with van der Waals surface area (Å²) in [6.45, 7) is 3.70. The van der Waals surface area contributed by atoms with E-state index in [2.05, 4.69) is 5.32 Å². The Morgan fingerprint density at radius 3 is 2.64 bits per heavy atom. The number of carbonyl (C=O) groups is 1. The number of amides is 1. The summed E-state index contributed by atoms with van der Waals surface area (Å²) >= 11 is 5.81. The molecule has 0 aromatic heterocycles. The van der Waals surface area contributed by atoms with Crippen LogP contribution in [0.5, 0.6) is 0 Å². The monoisotopic (exact) mass is 179 g/mol. The van der Waals surface area contributed by atoms with E-state index >= 15 is 0 Å². The summed E-state index contributed by atoms with van der Waals surface area (Å²) in [4.78, 5) is 10.3. The summed E-state index contributed by atoms with van der Waals surface area (Å²) in [6.07, 6.45) is 0.575. The maximum atomic E-state index is 11.1. The van der Waals surface area contributed by atoms with Crippen LogP contribution in [0.4, 0.5) is 0 Å². The van der Waals surface area contributed by atoms with Crippen molar-refractivity contribution in [1.29, 1.82) is 0 Å². The first kappa shape index (κ1) is 10.7. The van der Waals surface area contributed by atoms with Crippen molar-refractivity contribution in [3.05, 3.63) is 0 Å². The van der Waals surface area contributed by atoms with Gasteiger partial charge in [-0.2, -0.15) is 0 Å². The van der Waals surface area contributed by atoms with E-state index in [1.165, 1.54) is 0 Å². The van der Waals surface area contributed by atoms with Crippen molar-refractivity contribution in [2.45, 2.75) is 25.1 Å². The van der Waals surface area contributed by atoms with Gasteiger partial charge in [-0.25, -0.2) is 0 Å². The number of nitrogens with one attached hydrogen (secondary N) is 1. The summed E-state index contributed by atoms with van der Waals surface area (Å²) in [5, 5.41) is 10.9. The van der Waals surface area contributed by atoms with E-state index in [4.69, 9.17) is 16.7 Å². The van der Waals surface area contributed by atoms with Crippen LogP contribution >= 0.6 is 11.6 Å². The Morgan fingerprint density at radius 1 is 1.73 bits per heavy atom. The third-order valence-electron chi connectivity index (χ3n) is 1.53. The van der Waals surface area contributed by atoms with Gasteiger partial charge in [0, 0.05) is 6.54 Å². The van der Waals surface area contributed by atoms with Crippen molar-refractivity contribution >= 4 is 17.5 Å². The number of aliphatic hydroxyl groups is 1. The Morgan fingerprint density at radius 2 is 2.27 bits per heavy atom. The molecule has 0 aliphatic heterocycles. The van der Waals surface area contributed by atoms with Gasteiger partial charge in [0.1, 0.15) is 4.87 Å². The molecule has 0 aromatic carbocycles. The fraction of sp³-hybridized carbons (Fsp3) is 0.857. The number of alkyl halides is 1. The Hall–Kier alpha value is -0.280. The lowest BCUT2D eigenvalue weighted by Gasteiger charge is -2.18. The predicted octanol–water partition coefficient (Wildman–Crippen LogP) is 0.502. The predicted molar refractivity (Wildman–Crippen MR) is 44.6 cm³/mol. The molecule has 0 aliphatic rings. The molecular formula is C7H14ClNO2. The lowest BCUT2D eigenvalue weighted by molar-refractivity contribution is -0.123. The molecule has 0 spiro atoms. The zero-order valence-electron chi connectivity index (χ0n) is 6.85. The van der Waals surface area contributed by atoms with Gasteiger partial charge in [0.15, 0.2) is 0 Å². The molecule has 0 saturated heterocycles. The van der Waals surface area contributed by atoms with E-state index in [1.54, 1.807) is 6.92 Å². The van der Waals surface area contributed by atoms with Gasteiger partial charge in [-0.05, 0) is 13.3 Å². The molecule has 3 nitrogen and oxygen atoms in total. The van der Waals surface area contributed by atoms with E-state index in [-0.39, 0.29) is 19.1 Å². The maximum absolute atomic E-state index is 11.1. The van der Waals surface area contributed by atoms with Crippen LogP contribution in [-0.2, 0) is 4.79 Å². The van der Waals surface area contributed by atoms with Crippen molar-refractivity contribution < 1.29 is 9.90 Å². The molecule has 0 aromatic rings. The summed E-state index contributed by atoms with van der Waals surface area (Å²) in [5.74, 6) is -0.226. The Balaban J connectivity index is 3.82. The van der Waals surface area contributed by atoms with Gasteiger partial charge in [0.05, 0.1) is 6.61 Å². The zero-order valence-corrected chi connectivity index (χ0v) is 7.61. The number of hydrogen-bond acceptors (Lipinski definition) is 2. The first-order valence-electron chi connectivity index (χ1n) is 3.62. The largest absolute Gasteiger partial charge is 0.395 e. The van der Waals surface area contributed by atoms with Crippen LogP contribution in [0.1, 0.15) is 20.3 Å². The van der Waals surface area contributed by atoms with E-state index in [0.717, 1.165) is 0 Å². The highest BCUT2D eigenvalue weighted by Gasteiger charge is 2.27. The van der Waals surface area contributed by atoms with E-state index < -0.39 is 4.87 Å². The van der Waals surface area contributed by atoms with E-state index in [9.17, 15) is 4.79 Å². The standard InChI is InChI=1S/C7H14ClNO2/c1-3-7(2,8)6(11)9-4-5-10/h10H,3-5H2,1-2H3,(H,9,11). The third kappa shape index (κ3) is 3.58. The van der Waals surface area contributed by atoms with Crippen LogP contribution in [0.2, 0.25) is 0 Å². The Bertz CT molecular complexity index is 136. The summed E-state index contributed by atoms with van der Waals surface area (Å²) in [6, 6.07) is 0. The fourth-order valence-electron chi connectivity index (χ4n) is 0.514. The molecule has 1 amide bonds. The van der Waals surface area contributed by atoms with Gasteiger partial charge in [-0.3, -0.25) is 4.79 Å². The second-order valence-electron chi connectivity index (χ2n) is 2.53. The molecule has 0 aliphatic carbocycles. The molecule has 0 bridgehead atoms. The van der Waals surface area contributed by atoms with Gasteiger partial charge >= 0.3 is 0 Å². The van der Waals surface area contributed by atoms with Crippen molar-refractivity contribution in [1.82, 2.24) is 5.32 Å². The third-order valence-corrected chi connectivity index (χ3v) is 1.97. The van der Waals surface area contributed by atoms with Crippen LogP contribution < -0.4 is 5.32 Å². The first-order chi connectivity index (χ1) is 5.04. The second-order valence-corrected chi connectivity index (χ2v) is 3.36. The van der Waals surface area contributed by atoms with E-state index in [0.29, 0.717) is 6.42 Å². The molecule has 2 N–H and O–H groups in total. The molecule has 0 rings (SSSR count). The van der Waals surface area contributed by atoms with Gasteiger partial charge in [0.25, 0.3) is 0 Å². The van der Waals surface area contributed by atoms with Crippen molar-refractivity contribution in [2.24, 2.45) is 0 Å². The normalized spacial score (nSPS) is 15.6. The molecule has 1 unspecified atom stereocenters. The number of aliphatic hydroxyl groups excluding tert-OH is 1. The lowest BCUT2D eigenvalue weighted by Crippen LogP contribution is -2.40. The first-order valence-corrected chi connectivity index (χ1v) is 4.00. The lowest BCUT2D eigenvalue weighted by atomic mass is 10.1. The molecule has 0 fully saturated rings. The van der Waals surface area contributed by atoms with E-state index in [1.807, 2.05) is 6.92 Å². The smallest absolute Gasteiger partial charge is 0.240 e. The van der Waals surface area contributed by atoms with Crippen LogP contribution in [0.25, 0.3) is 0 Å². The van der Waals surface area contributed by atoms with Crippen LogP contribution in [0, 0.1) is 0 Å². The minimum atomic E-state index is -0.838. The Kier molecular flexibility index (Phi) is 4.45. The minimum Gasteiger partial charge on any atom is -0.395 e. The minimum absolute atomic E-state index is 0.0532. The average molecular weight is 180 g/mol. The number of halogens is 1. The summed E-state index contributed by atoms with van der Waals surface area (Å²) in [5.41, 5.74) is 0. The molecule has 0 radical (unpaired) electrons. The maximum Gasteiger partial charge on any atom is 0.240 e. The van der Waals surface area contributed by atoms with Gasteiger partial charge < -0.3 is 10.4 Å². The average Bonchev–Trinajstić information content (AvgIpc) is 2.00. The highest BCUT2D eigenvalue weighted by Crippen LogP contribution is 2.17.